The van der Waals surface area contributed by atoms with E-state index in [4.69, 9.17) is 12.2 Å². The first-order valence-electron chi connectivity index (χ1n) is 7.83. The van der Waals surface area contributed by atoms with E-state index >= 15 is 0 Å². The molecule has 2 heterocycles. The Morgan fingerprint density at radius 2 is 1.59 bits per heavy atom. The number of thiocarbonyl (C=S) groups is 1. The van der Waals surface area contributed by atoms with E-state index < -0.39 is 10.0 Å². The van der Waals surface area contributed by atoms with Crippen LogP contribution in [0.5, 0.6) is 0 Å². The third kappa shape index (κ3) is 4.96. The van der Waals surface area contributed by atoms with Gasteiger partial charge in [-0.3, -0.25) is 0 Å². The number of aryl methyl sites for hydroxylation is 1. The lowest BCUT2D eigenvalue weighted by atomic mass is 10.3. The molecule has 138 valence electrons. The smallest absolute Gasteiger partial charge is 0.264 e. The highest BCUT2D eigenvalue weighted by molar-refractivity contribution is 7.92. The summed E-state index contributed by atoms with van der Waals surface area (Å²) >= 11 is 5.26. The van der Waals surface area contributed by atoms with Crippen LogP contribution in [0, 0.1) is 6.92 Å². The third-order valence-corrected chi connectivity index (χ3v) is 5.00. The number of aromatic nitrogens is 3. The first-order valence-corrected chi connectivity index (χ1v) is 9.73. The Balaban J connectivity index is 1.66. The van der Waals surface area contributed by atoms with Crippen LogP contribution in [0.15, 0.2) is 66.0 Å². The number of rotatable bonds is 5. The van der Waals surface area contributed by atoms with Crippen molar-refractivity contribution < 1.29 is 8.42 Å². The molecule has 0 unspecified atom stereocenters. The molecule has 27 heavy (non-hydrogen) atoms. The van der Waals surface area contributed by atoms with E-state index in [0.717, 1.165) is 5.56 Å². The van der Waals surface area contributed by atoms with Crippen molar-refractivity contribution in [2.75, 3.05) is 15.4 Å². The van der Waals surface area contributed by atoms with E-state index in [1.807, 2.05) is 19.1 Å². The van der Waals surface area contributed by atoms with Crippen molar-refractivity contribution in [3.8, 4) is 0 Å². The first-order chi connectivity index (χ1) is 12.9. The normalized spacial score (nSPS) is 10.9. The third-order valence-electron chi connectivity index (χ3n) is 3.46. The second-order valence-electron chi connectivity index (χ2n) is 5.45. The van der Waals surface area contributed by atoms with Crippen LogP contribution in [-0.4, -0.2) is 28.5 Å². The van der Waals surface area contributed by atoms with E-state index in [9.17, 15) is 8.42 Å². The lowest BCUT2D eigenvalue weighted by Gasteiger charge is -2.12. The molecule has 3 N–H and O–H groups in total. The molecule has 1 aromatic carbocycles. The molecule has 0 amide bonds. The monoisotopic (exact) mass is 400 g/mol. The van der Waals surface area contributed by atoms with Gasteiger partial charge in [0, 0.05) is 24.3 Å². The number of nitrogens with one attached hydrogen (secondary N) is 3. The van der Waals surface area contributed by atoms with Crippen molar-refractivity contribution in [3.05, 3.63) is 66.6 Å². The Labute approximate surface area is 162 Å². The molecular formula is C17H16N6O2S2. The maximum atomic E-state index is 12.4. The van der Waals surface area contributed by atoms with Crippen LogP contribution in [0.2, 0.25) is 0 Å². The first kappa shape index (κ1) is 18.7. The van der Waals surface area contributed by atoms with Crippen molar-refractivity contribution in [2.24, 2.45) is 0 Å². The molecule has 0 atom stereocenters. The maximum Gasteiger partial charge on any atom is 0.264 e. The van der Waals surface area contributed by atoms with Gasteiger partial charge >= 0.3 is 0 Å². The predicted molar refractivity (Wildman–Crippen MR) is 108 cm³/mol. The van der Waals surface area contributed by atoms with Crippen LogP contribution in [0.25, 0.3) is 0 Å². The highest BCUT2D eigenvalue weighted by Crippen LogP contribution is 2.17. The summed E-state index contributed by atoms with van der Waals surface area (Å²) in [5.74, 6) is 0.664. The Morgan fingerprint density at radius 3 is 2.26 bits per heavy atom. The fourth-order valence-corrected chi connectivity index (χ4v) is 3.31. The summed E-state index contributed by atoms with van der Waals surface area (Å²) in [6.45, 7) is 1.92. The van der Waals surface area contributed by atoms with Crippen molar-refractivity contribution >= 4 is 44.8 Å². The number of hydrogen-bond acceptors (Lipinski definition) is 6. The zero-order valence-corrected chi connectivity index (χ0v) is 15.9. The minimum absolute atomic E-state index is 0.0100. The van der Waals surface area contributed by atoms with E-state index in [-0.39, 0.29) is 10.8 Å². The molecule has 0 aliphatic carbocycles. The molecule has 8 nitrogen and oxygen atoms in total. The van der Waals surface area contributed by atoms with Gasteiger partial charge in [-0.1, -0.05) is 6.07 Å². The summed E-state index contributed by atoms with van der Waals surface area (Å²) in [7, 11) is -3.77. The molecule has 0 bridgehead atoms. The highest BCUT2D eigenvalue weighted by atomic mass is 32.2. The van der Waals surface area contributed by atoms with Gasteiger partial charge in [-0.2, -0.15) is 0 Å². The molecule has 0 aliphatic heterocycles. The van der Waals surface area contributed by atoms with Crippen LogP contribution >= 0.6 is 12.2 Å². The van der Waals surface area contributed by atoms with Gasteiger partial charge in [0.15, 0.2) is 5.11 Å². The van der Waals surface area contributed by atoms with Crippen molar-refractivity contribution in [1.82, 2.24) is 15.0 Å². The zero-order valence-electron chi connectivity index (χ0n) is 14.2. The van der Waals surface area contributed by atoms with E-state index in [0.29, 0.717) is 16.6 Å². The van der Waals surface area contributed by atoms with Crippen LogP contribution in [0.3, 0.4) is 0 Å². The molecule has 0 fully saturated rings. The summed E-state index contributed by atoms with van der Waals surface area (Å²) in [6, 6.07) is 11.5. The number of hydrogen-bond donors (Lipinski definition) is 3. The summed E-state index contributed by atoms with van der Waals surface area (Å²) < 4.78 is 27.0. The number of sulfonamides is 1. The second-order valence-corrected chi connectivity index (χ2v) is 7.54. The minimum atomic E-state index is -3.77. The lowest BCUT2D eigenvalue weighted by molar-refractivity contribution is 0.601. The van der Waals surface area contributed by atoms with Crippen molar-refractivity contribution in [3.63, 3.8) is 0 Å². The molecule has 2 aromatic heterocycles. The van der Waals surface area contributed by atoms with Crippen LogP contribution in [-0.2, 0) is 10.0 Å². The quantitative estimate of drug-likeness (QED) is 0.561. The van der Waals surface area contributed by atoms with Gasteiger partial charge in [0.05, 0.1) is 4.90 Å². The van der Waals surface area contributed by atoms with Gasteiger partial charge in [-0.15, -0.1) is 0 Å². The molecule has 0 spiro atoms. The van der Waals surface area contributed by atoms with Crippen LogP contribution in [0.4, 0.5) is 17.5 Å². The minimum Gasteiger partial charge on any atom is -0.332 e. The lowest BCUT2D eigenvalue weighted by Crippen LogP contribution is -2.20. The Bertz CT molecular complexity index is 1040. The van der Waals surface area contributed by atoms with Crippen molar-refractivity contribution in [2.45, 2.75) is 11.8 Å². The highest BCUT2D eigenvalue weighted by Gasteiger charge is 2.15. The summed E-state index contributed by atoms with van der Waals surface area (Å²) in [4.78, 5) is 12.0. The topological polar surface area (TPSA) is 109 Å². The molecule has 0 aliphatic rings. The number of benzene rings is 1. The zero-order chi connectivity index (χ0) is 19.3. The van der Waals surface area contributed by atoms with E-state index in [1.54, 1.807) is 24.4 Å². The summed E-state index contributed by atoms with van der Waals surface area (Å²) in [5, 5.41) is 6.33. The fourth-order valence-electron chi connectivity index (χ4n) is 2.13. The Kier molecular flexibility index (Phi) is 5.57. The maximum absolute atomic E-state index is 12.4. The Morgan fingerprint density at radius 1 is 0.926 bits per heavy atom. The van der Waals surface area contributed by atoms with Gasteiger partial charge in [0.2, 0.25) is 5.95 Å². The fraction of sp³-hybridized carbons (Fsp3) is 0.0588. The Hall–Kier alpha value is -3.11. The van der Waals surface area contributed by atoms with Gasteiger partial charge in [-0.25, -0.2) is 28.1 Å². The SMILES string of the molecule is Cc1cccnc1NC(=S)Nc1ccc(S(=O)(=O)Nc2ncccn2)cc1. The summed E-state index contributed by atoms with van der Waals surface area (Å²) in [6.07, 6.45) is 4.57. The van der Waals surface area contributed by atoms with Crippen molar-refractivity contribution in [1.29, 1.82) is 0 Å². The standard InChI is InChI=1S/C17H16N6O2S2/c1-12-4-2-9-18-15(12)22-17(26)21-13-5-7-14(8-6-13)27(24,25)23-16-19-10-3-11-20-16/h2-11H,1H3,(H,19,20,23)(H2,18,21,22,26). The molecule has 3 aromatic rings. The summed E-state index contributed by atoms with van der Waals surface area (Å²) in [5.41, 5.74) is 1.59. The number of nitrogens with zero attached hydrogens (tertiary/aromatic N) is 3. The average molecular weight is 400 g/mol. The molecule has 3 rings (SSSR count). The largest absolute Gasteiger partial charge is 0.332 e. The second kappa shape index (κ2) is 8.06. The van der Waals surface area contributed by atoms with Gasteiger partial charge < -0.3 is 10.6 Å². The molecule has 0 radical (unpaired) electrons. The molecule has 0 saturated carbocycles. The van der Waals surface area contributed by atoms with Gasteiger partial charge in [0.25, 0.3) is 10.0 Å². The van der Waals surface area contributed by atoms with Gasteiger partial charge in [-0.05, 0) is 61.1 Å². The molecule has 0 saturated heterocycles. The van der Waals surface area contributed by atoms with E-state index in [1.165, 1.54) is 24.5 Å². The molecular weight excluding hydrogens is 384 g/mol. The number of pyridine rings is 1. The average Bonchev–Trinajstić information content (AvgIpc) is 2.64. The van der Waals surface area contributed by atoms with Crippen LogP contribution in [0.1, 0.15) is 5.56 Å². The van der Waals surface area contributed by atoms with Gasteiger partial charge in [0.1, 0.15) is 5.82 Å². The van der Waals surface area contributed by atoms with Crippen LogP contribution < -0.4 is 15.4 Å². The predicted octanol–water partition coefficient (Wildman–Crippen LogP) is 2.79. The molecule has 10 heteroatoms. The van der Waals surface area contributed by atoms with E-state index in [2.05, 4.69) is 30.3 Å². The number of anilines is 3.